The summed E-state index contributed by atoms with van der Waals surface area (Å²) < 4.78 is 28.0. The van der Waals surface area contributed by atoms with Gasteiger partial charge in [0, 0.05) is 6.54 Å². The molecule has 1 unspecified atom stereocenters. The maximum Gasteiger partial charge on any atom is 0.322 e. The van der Waals surface area contributed by atoms with E-state index >= 15 is 0 Å². The van der Waals surface area contributed by atoms with Crippen LogP contribution in [0, 0.1) is 0 Å². The topological polar surface area (TPSA) is 113 Å². The summed E-state index contributed by atoms with van der Waals surface area (Å²) in [5.74, 6) is -1.13. The first-order valence-electron chi connectivity index (χ1n) is 6.29. The first-order chi connectivity index (χ1) is 9.42. The highest BCUT2D eigenvalue weighted by Crippen LogP contribution is 2.24. The van der Waals surface area contributed by atoms with E-state index in [1.54, 1.807) is 18.2 Å². The van der Waals surface area contributed by atoms with Crippen molar-refractivity contribution in [3.63, 3.8) is 0 Å². The Hall–Kier alpha value is -1.80. The zero-order valence-electron chi connectivity index (χ0n) is 10.8. The summed E-state index contributed by atoms with van der Waals surface area (Å²) in [5.41, 5.74) is 6.23. The van der Waals surface area contributed by atoms with Gasteiger partial charge in [0.15, 0.2) is 0 Å². The first-order valence-corrected chi connectivity index (χ1v) is 7.73. The monoisotopic (exact) mass is 299 g/mol. The molecule has 0 saturated carbocycles. The lowest BCUT2D eigenvalue weighted by Crippen LogP contribution is -2.50. The number of para-hydroxylation sites is 2. The Morgan fingerprint density at radius 2 is 2.05 bits per heavy atom. The number of rotatable bonds is 4. The van der Waals surface area contributed by atoms with Crippen LogP contribution in [0.1, 0.15) is 19.3 Å². The highest BCUT2D eigenvalue weighted by atomic mass is 32.2. The van der Waals surface area contributed by atoms with Crippen molar-refractivity contribution in [1.82, 2.24) is 4.31 Å². The van der Waals surface area contributed by atoms with Gasteiger partial charge in [-0.1, -0.05) is 12.1 Å². The van der Waals surface area contributed by atoms with Gasteiger partial charge in [0.2, 0.25) is 0 Å². The van der Waals surface area contributed by atoms with Crippen LogP contribution in [0.2, 0.25) is 0 Å². The van der Waals surface area contributed by atoms with E-state index < -0.39 is 22.2 Å². The van der Waals surface area contributed by atoms with Crippen molar-refractivity contribution in [2.45, 2.75) is 25.3 Å². The van der Waals surface area contributed by atoms with Gasteiger partial charge in [-0.05, 0) is 31.4 Å². The fraction of sp³-hybridized carbons (Fsp3) is 0.417. The van der Waals surface area contributed by atoms with Gasteiger partial charge >= 0.3 is 16.2 Å². The van der Waals surface area contributed by atoms with E-state index in [0.717, 1.165) is 4.31 Å². The lowest BCUT2D eigenvalue weighted by molar-refractivity contribution is -0.142. The fourth-order valence-corrected chi connectivity index (χ4v) is 3.71. The Kier molecular flexibility index (Phi) is 4.15. The Bertz CT molecular complexity index is 602. The van der Waals surface area contributed by atoms with Crippen LogP contribution in [0.15, 0.2) is 24.3 Å². The molecule has 8 heteroatoms. The first kappa shape index (κ1) is 14.6. The molecule has 1 atom stereocenters. The molecule has 2 rings (SSSR count). The minimum absolute atomic E-state index is 0.193. The second kappa shape index (κ2) is 5.68. The number of carbonyl (C=O) groups is 1. The Labute approximate surface area is 117 Å². The van der Waals surface area contributed by atoms with E-state index in [9.17, 15) is 13.2 Å². The summed E-state index contributed by atoms with van der Waals surface area (Å²) in [6.45, 7) is 0.193. The molecule has 4 N–H and O–H groups in total. The van der Waals surface area contributed by atoms with Gasteiger partial charge in [0.05, 0.1) is 11.4 Å². The van der Waals surface area contributed by atoms with E-state index in [-0.39, 0.29) is 12.2 Å². The standard InChI is InChI=1S/C12H17N3O4S/c13-9-5-1-2-6-10(9)14-20(18,19)15-8-4-3-7-11(15)12(16)17/h1-2,5-6,11,14H,3-4,7-8,13H2,(H,16,17). The zero-order valence-corrected chi connectivity index (χ0v) is 11.6. The highest BCUT2D eigenvalue weighted by molar-refractivity contribution is 7.90. The van der Waals surface area contributed by atoms with Crippen molar-refractivity contribution >= 4 is 27.6 Å². The summed E-state index contributed by atoms with van der Waals surface area (Å²) in [5, 5.41) is 9.13. The smallest absolute Gasteiger partial charge is 0.322 e. The van der Waals surface area contributed by atoms with Gasteiger partial charge in [0.1, 0.15) is 6.04 Å². The molecular weight excluding hydrogens is 282 g/mol. The average molecular weight is 299 g/mol. The van der Waals surface area contributed by atoms with Gasteiger partial charge in [0.25, 0.3) is 0 Å². The van der Waals surface area contributed by atoms with E-state index in [0.29, 0.717) is 24.9 Å². The third-order valence-corrected chi connectivity index (χ3v) is 4.78. The molecule has 0 amide bonds. The molecule has 1 aromatic carbocycles. The van der Waals surface area contributed by atoms with E-state index in [4.69, 9.17) is 10.8 Å². The number of nitrogens with two attached hydrogens (primary N) is 1. The third kappa shape index (κ3) is 3.02. The van der Waals surface area contributed by atoms with E-state index in [1.807, 2.05) is 0 Å². The number of hydrogen-bond acceptors (Lipinski definition) is 4. The molecule has 0 radical (unpaired) electrons. The van der Waals surface area contributed by atoms with Crippen LogP contribution in [0.3, 0.4) is 0 Å². The molecule has 1 fully saturated rings. The van der Waals surface area contributed by atoms with Crippen LogP contribution < -0.4 is 10.5 Å². The van der Waals surface area contributed by atoms with Gasteiger partial charge in [-0.25, -0.2) is 0 Å². The number of benzene rings is 1. The molecule has 0 aromatic heterocycles. The van der Waals surface area contributed by atoms with Crippen molar-refractivity contribution in [2.75, 3.05) is 17.0 Å². The van der Waals surface area contributed by atoms with E-state index in [1.165, 1.54) is 6.07 Å². The maximum atomic E-state index is 12.3. The zero-order chi connectivity index (χ0) is 14.8. The number of carboxylic acid groups (broad SMARTS) is 1. The molecule has 110 valence electrons. The molecule has 1 aliphatic rings. The number of nitrogens with one attached hydrogen (secondary N) is 1. The number of nitrogens with zero attached hydrogens (tertiary/aromatic N) is 1. The molecule has 7 nitrogen and oxygen atoms in total. The van der Waals surface area contributed by atoms with Crippen molar-refractivity contribution in [3.05, 3.63) is 24.3 Å². The van der Waals surface area contributed by atoms with Gasteiger partial charge in [-0.3, -0.25) is 9.52 Å². The number of hydrogen-bond donors (Lipinski definition) is 3. The Morgan fingerprint density at radius 1 is 1.35 bits per heavy atom. The summed E-state index contributed by atoms with van der Waals surface area (Å²) in [6, 6.07) is 5.42. The molecule has 0 bridgehead atoms. The summed E-state index contributed by atoms with van der Waals surface area (Å²) in [6.07, 6.45) is 1.67. The van der Waals surface area contributed by atoms with Crippen LogP contribution in [0.25, 0.3) is 0 Å². The summed E-state index contributed by atoms with van der Waals surface area (Å²) >= 11 is 0. The number of nitrogen functional groups attached to an aromatic ring is 1. The van der Waals surface area contributed by atoms with Crippen LogP contribution in [-0.2, 0) is 15.0 Å². The molecule has 1 saturated heterocycles. The fourth-order valence-electron chi connectivity index (χ4n) is 2.23. The van der Waals surface area contributed by atoms with Crippen molar-refractivity contribution < 1.29 is 18.3 Å². The van der Waals surface area contributed by atoms with Gasteiger partial charge < -0.3 is 10.8 Å². The minimum Gasteiger partial charge on any atom is -0.480 e. The lowest BCUT2D eigenvalue weighted by Gasteiger charge is -2.32. The number of anilines is 2. The quantitative estimate of drug-likeness (QED) is 0.714. The number of piperidine rings is 1. The highest BCUT2D eigenvalue weighted by Gasteiger charge is 2.36. The Balaban J connectivity index is 2.25. The lowest BCUT2D eigenvalue weighted by atomic mass is 10.1. The Morgan fingerprint density at radius 3 is 2.70 bits per heavy atom. The van der Waals surface area contributed by atoms with E-state index in [2.05, 4.69) is 4.72 Å². The molecule has 20 heavy (non-hydrogen) atoms. The molecule has 1 aliphatic heterocycles. The molecular formula is C12H17N3O4S. The van der Waals surface area contributed by atoms with Crippen LogP contribution in [-0.4, -0.2) is 36.4 Å². The molecule has 1 heterocycles. The van der Waals surface area contributed by atoms with Crippen molar-refractivity contribution in [1.29, 1.82) is 0 Å². The van der Waals surface area contributed by atoms with Crippen LogP contribution >= 0.6 is 0 Å². The van der Waals surface area contributed by atoms with Crippen LogP contribution in [0.4, 0.5) is 11.4 Å². The maximum absolute atomic E-state index is 12.3. The number of aliphatic carboxylic acids is 1. The molecule has 0 spiro atoms. The molecule has 1 aromatic rings. The second-order valence-corrected chi connectivity index (χ2v) is 6.28. The predicted molar refractivity (Wildman–Crippen MR) is 75.4 cm³/mol. The third-order valence-electron chi connectivity index (χ3n) is 3.25. The predicted octanol–water partition coefficient (Wildman–Crippen LogP) is 0.865. The summed E-state index contributed by atoms with van der Waals surface area (Å²) in [4.78, 5) is 11.2. The van der Waals surface area contributed by atoms with Gasteiger partial charge in [-0.2, -0.15) is 12.7 Å². The van der Waals surface area contributed by atoms with Crippen molar-refractivity contribution in [2.24, 2.45) is 0 Å². The van der Waals surface area contributed by atoms with Crippen LogP contribution in [0.5, 0.6) is 0 Å². The second-order valence-electron chi connectivity index (χ2n) is 4.65. The SMILES string of the molecule is Nc1ccccc1NS(=O)(=O)N1CCCCC1C(=O)O. The normalized spacial score (nSPS) is 20.5. The minimum atomic E-state index is -3.93. The largest absolute Gasteiger partial charge is 0.480 e. The molecule has 0 aliphatic carbocycles. The van der Waals surface area contributed by atoms with Gasteiger partial charge in [-0.15, -0.1) is 0 Å². The average Bonchev–Trinajstić information content (AvgIpc) is 2.41. The van der Waals surface area contributed by atoms with Crippen molar-refractivity contribution in [3.8, 4) is 0 Å². The number of carboxylic acids is 1. The summed E-state index contributed by atoms with van der Waals surface area (Å²) in [7, 11) is -3.93.